The van der Waals surface area contributed by atoms with E-state index in [9.17, 15) is 4.79 Å². The number of rotatable bonds is 5. The first kappa shape index (κ1) is 12.5. The van der Waals surface area contributed by atoms with E-state index in [0.717, 1.165) is 23.4 Å². The first-order valence-electron chi connectivity index (χ1n) is 5.28. The lowest BCUT2D eigenvalue weighted by Gasteiger charge is -2.12. The highest BCUT2D eigenvalue weighted by Gasteiger charge is 2.11. The van der Waals surface area contributed by atoms with E-state index in [1.165, 1.54) is 6.08 Å². The molecular formula is C13H17NO2. The molecule has 0 aliphatic rings. The van der Waals surface area contributed by atoms with Gasteiger partial charge in [-0.2, -0.15) is 5.48 Å². The van der Waals surface area contributed by atoms with Gasteiger partial charge in [0.2, 0.25) is 0 Å². The predicted octanol–water partition coefficient (Wildman–Crippen LogP) is 2.58. The minimum absolute atomic E-state index is 0.0596. The van der Waals surface area contributed by atoms with Gasteiger partial charge in [-0.25, -0.2) is 0 Å². The van der Waals surface area contributed by atoms with E-state index in [-0.39, 0.29) is 5.78 Å². The fourth-order valence-corrected chi connectivity index (χ4v) is 1.43. The van der Waals surface area contributed by atoms with Crippen LogP contribution in [0.1, 0.15) is 28.4 Å². The molecule has 0 saturated heterocycles. The van der Waals surface area contributed by atoms with Crippen molar-refractivity contribution in [3.63, 3.8) is 0 Å². The molecule has 0 radical (unpaired) electrons. The van der Waals surface area contributed by atoms with Crippen molar-refractivity contribution < 1.29 is 9.63 Å². The maximum Gasteiger partial charge on any atom is 0.185 e. The smallest absolute Gasteiger partial charge is 0.185 e. The van der Waals surface area contributed by atoms with Gasteiger partial charge in [0.15, 0.2) is 5.78 Å². The molecule has 1 N–H and O–H groups in total. The van der Waals surface area contributed by atoms with Gasteiger partial charge in [-0.05, 0) is 50.1 Å². The van der Waals surface area contributed by atoms with Crippen molar-refractivity contribution in [2.75, 3.05) is 6.54 Å². The maximum absolute atomic E-state index is 11.5. The van der Waals surface area contributed by atoms with Crippen molar-refractivity contribution in [2.24, 2.45) is 0 Å². The molecule has 0 aliphatic heterocycles. The third-order valence-electron chi connectivity index (χ3n) is 2.51. The Balaban J connectivity index is 3.07. The van der Waals surface area contributed by atoms with Crippen LogP contribution in [0.3, 0.4) is 0 Å². The Hall–Kier alpha value is -1.61. The molecule has 0 aliphatic carbocycles. The Morgan fingerprint density at radius 3 is 2.69 bits per heavy atom. The largest absolute Gasteiger partial charge is 0.408 e. The second-order valence-electron chi connectivity index (χ2n) is 3.53. The van der Waals surface area contributed by atoms with Crippen LogP contribution in [0.5, 0.6) is 5.75 Å². The van der Waals surface area contributed by atoms with Gasteiger partial charge < -0.3 is 4.84 Å². The van der Waals surface area contributed by atoms with Crippen molar-refractivity contribution in [2.45, 2.75) is 20.8 Å². The van der Waals surface area contributed by atoms with E-state index in [1.54, 1.807) is 12.1 Å². The summed E-state index contributed by atoms with van der Waals surface area (Å²) in [5.74, 6) is 0.690. The lowest BCUT2D eigenvalue weighted by atomic mass is 9.99. The van der Waals surface area contributed by atoms with Gasteiger partial charge in [0, 0.05) is 12.1 Å². The van der Waals surface area contributed by atoms with Crippen molar-refractivity contribution >= 4 is 5.78 Å². The molecule has 1 aromatic carbocycles. The second kappa shape index (κ2) is 5.47. The molecule has 0 amide bonds. The Labute approximate surface area is 96.1 Å². The Morgan fingerprint density at radius 2 is 2.12 bits per heavy atom. The third-order valence-corrected chi connectivity index (χ3v) is 2.51. The Bertz CT molecular complexity index is 411. The van der Waals surface area contributed by atoms with E-state index in [4.69, 9.17) is 4.84 Å². The maximum atomic E-state index is 11.5. The SMILES string of the molecule is C=CC(=O)c1ccc(ONCC)c(C)c1C. The van der Waals surface area contributed by atoms with Gasteiger partial charge in [0.05, 0.1) is 0 Å². The van der Waals surface area contributed by atoms with Crippen LogP contribution in [0.4, 0.5) is 0 Å². The van der Waals surface area contributed by atoms with E-state index in [0.29, 0.717) is 5.56 Å². The molecule has 0 atom stereocenters. The highest BCUT2D eigenvalue weighted by molar-refractivity contribution is 6.05. The number of hydrogen-bond acceptors (Lipinski definition) is 3. The van der Waals surface area contributed by atoms with Crippen LogP contribution in [-0.2, 0) is 0 Å². The summed E-state index contributed by atoms with van der Waals surface area (Å²) >= 11 is 0. The summed E-state index contributed by atoms with van der Waals surface area (Å²) in [6, 6.07) is 3.56. The molecule has 0 spiro atoms. The molecule has 0 heterocycles. The molecule has 1 rings (SSSR count). The van der Waals surface area contributed by atoms with E-state index < -0.39 is 0 Å². The summed E-state index contributed by atoms with van der Waals surface area (Å²) in [5.41, 5.74) is 5.36. The van der Waals surface area contributed by atoms with E-state index in [2.05, 4.69) is 12.1 Å². The number of hydroxylamine groups is 1. The zero-order valence-corrected chi connectivity index (χ0v) is 9.96. The molecular weight excluding hydrogens is 202 g/mol. The number of benzene rings is 1. The average molecular weight is 219 g/mol. The van der Waals surface area contributed by atoms with Crippen LogP contribution in [0.25, 0.3) is 0 Å². The fraction of sp³-hybridized carbons (Fsp3) is 0.308. The normalized spacial score (nSPS) is 9.94. The van der Waals surface area contributed by atoms with Crippen LogP contribution in [-0.4, -0.2) is 12.3 Å². The summed E-state index contributed by atoms with van der Waals surface area (Å²) in [5, 5.41) is 0. The topological polar surface area (TPSA) is 38.3 Å². The predicted molar refractivity (Wildman–Crippen MR) is 64.7 cm³/mol. The highest BCUT2D eigenvalue weighted by Crippen LogP contribution is 2.24. The van der Waals surface area contributed by atoms with Crippen LogP contribution < -0.4 is 10.3 Å². The Kier molecular flexibility index (Phi) is 4.26. The molecule has 1 aromatic rings. The third kappa shape index (κ3) is 2.49. The fourth-order valence-electron chi connectivity index (χ4n) is 1.43. The lowest BCUT2D eigenvalue weighted by Crippen LogP contribution is -2.18. The van der Waals surface area contributed by atoms with E-state index >= 15 is 0 Å². The van der Waals surface area contributed by atoms with Gasteiger partial charge >= 0.3 is 0 Å². The number of ketones is 1. The summed E-state index contributed by atoms with van der Waals surface area (Å²) in [6.45, 7) is 10.0. The number of carbonyl (C=O) groups excluding carboxylic acids is 1. The summed E-state index contributed by atoms with van der Waals surface area (Å²) in [4.78, 5) is 16.9. The second-order valence-corrected chi connectivity index (χ2v) is 3.53. The Morgan fingerprint density at radius 1 is 1.44 bits per heavy atom. The van der Waals surface area contributed by atoms with Crippen molar-refractivity contribution in [3.8, 4) is 5.75 Å². The van der Waals surface area contributed by atoms with Gasteiger partial charge in [0.25, 0.3) is 0 Å². The highest BCUT2D eigenvalue weighted by atomic mass is 16.6. The minimum atomic E-state index is -0.0596. The van der Waals surface area contributed by atoms with Crippen molar-refractivity contribution in [3.05, 3.63) is 41.5 Å². The van der Waals surface area contributed by atoms with E-state index in [1.807, 2.05) is 20.8 Å². The molecule has 0 bridgehead atoms. The first-order valence-corrected chi connectivity index (χ1v) is 5.28. The molecule has 0 unspecified atom stereocenters. The average Bonchev–Trinajstić information content (AvgIpc) is 2.30. The van der Waals surface area contributed by atoms with Gasteiger partial charge in [-0.15, -0.1) is 0 Å². The van der Waals surface area contributed by atoms with Gasteiger partial charge in [-0.1, -0.05) is 6.58 Å². The molecule has 16 heavy (non-hydrogen) atoms. The van der Waals surface area contributed by atoms with Crippen LogP contribution in [0.2, 0.25) is 0 Å². The summed E-state index contributed by atoms with van der Waals surface area (Å²) < 4.78 is 0. The number of nitrogens with one attached hydrogen (secondary N) is 1. The monoisotopic (exact) mass is 219 g/mol. The lowest BCUT2D eigenvalue weighted by molar-refractivity contribution is 0.104. The first-order chi connectivity index (χ1) is 7.61. The van der Waals surface area contributed by atoms with Crippen LogP contribution in [0.15, 0.2) is 24.8 Å². The zero-order valence-electron chi connectivity index (χ0n) is 9.96. The molecule has 3 nitrogen and oxygen atoms in total. The number of hydrogen-bond donors (Lipinski definition) is 1. The molecule has 0 aromatic heterocycles. The van der Waals surface area contributed by atoms with Crippen molar-refractivity contribution in [1.29, 1.82) is 0 Å². The number of carbonyl (C=O) groups is 1. The molecule has 3 heteroatoms. The summed E-state index contributed by atoms with van der Waals surface area (Å²) in [7, 11) is 0. The molecule has 86 valence electrons. The molecule has 0 saturated carbocycles. The number of allylic oxidation sites excluding steroid dienone is 1. The quantitative estimate of drug-likeness (QED) is 0.470. The standard InChI is InChI=1S/C13H17NO2/c1-5-12(15)11-7-8-13(16-14-6-2)10(4)9(11)3/h5,7-8,14H,1,6H2,2-4H3. The zero-order chi connectivity index (χ0) is 12.1. The van der Waals surface area contributed by atoms with Gasteiger partial charge in [0.1, 0.15) is 5.75 Å². The van der Waals surface area contributed by atoms with Crippen LogP contribution in [0, 0.1) is 13.8 Å². The van der Waals surface area contributed by atoms with Crippen LogP contribution >= 0.6 is 0 Å². The molecule has 0 fully saturated rings. The summed E-state index contributed by atoms with van der Waals surface area (Å²) in [6.07, 6.45) is 1.33. The minimum Gasteiger partial charge on any atom is -0.408 e. The van der Waals surface area contributed by atoms with Gasteiger partial charge in [-0.3, -0.25) is 4.79 Å². The van der Waals surface area contributed by atoms with Crippen molar-refractivity contribution in [1.82, 2.24) is 5.48 Å².